The van der Waals surface area contributed by atoms with Gasteiger partial charge in [0.25, 0.3) is 11.6 Å². The molecular weight excluding hydrogens is 379 g/mol. The quantitative estimate of drug-likeness (QED) is 0.494. The topological polar surface area (TPSA) is 72.2 Å². The van der Waals surface area contributed by atoms with E-state index in [4.69, 9.17) is 11.6 Å². The molecule has 0 aliphatic rings. The predicted molar refractivity (Wildman–Crippen MR) is 98.1 cm³/mol. The fourth-order valence-electron chi connectivity index (χ4n) is 2.44. The highest BCUT2D eigenvalue weighted by Crippen LogP contribution is 2.28. The van der Waals surface area contributed by atoms with E-state index in [1.807, 2.05) is 17.5 Å². The minimum atomic E-state index is -0.583. The average molecular weight is 391 g/mol. The fourth-order valence-corrected chi connectivity index (χ4v) is 3.50. The Hall–Kier alpha value is -2.77. The van der Waals surface area contributed by atoms with E-state index in [2.05, 4.69) is 5.32 Å². The minimum Gasteiger partial charge on any atom is -0.340 e. The summed E-state index contributed by atoms with van der Waals surface area (Å²) in [5, 5.41) is 15.5. The molecule has 1 aromatic heterocycles. The second-order valence-corrected chi connectivity index (χ2v) is 6.78. The number of amides is 1. The zero-order chi connectivity index (χ0) is 18.7. The molecule has 26 heavy (non-hydrogen) atoms. The third kappa shape index (κ3) is 3.89. The highest BCUT2D eigenvalue weighted by Gasteiger charge is 2.21. The predicted octanol–water partition coefficient (Wildman–Crippen LogP) is 4.97. The van der Waals surface area contributed by atoms with E-state index in [9.17, 15) is 19.3 Å². The van der Waals surface area contributed by atoms with Gasteiger partial charge in [0.2, 0.25) is 0 Å². The molecule has 0 spiro atoms. The molecule has 0 unspecified atom stereocenters. The number of thiophene rings is 1. The second-order valence-electron chi connectivity index (χ2n) is 5.39. The van der Waals surface area contributed by atoms with Crippen LogP contribution in [0.25, 0.3) is 0 Å². The van der Waals surface area contributed by atoms with E-state index in [0.29, 0.717) is 5.56 Å². The van der Waals surface area contributed by atoms with Gasteiger partial charge < -0.3 is 5.32 Å². The molecule has 0 radical (unpaired) electrons. The molecule has 1 N–H and O–H groups in total. The molecule has 8 heteroatoms. The summed E-state index contributed by atoms with van der Waals surface area (Å²) in [5.74, 6) is -0.851. The summed E-state index contributed by atoms with van der Waals surface area (Å²) in [7, 11) is 0. The minimum absolute atomic E-state index is 0.0132. The van der Waals surface area contributed by atoms with Crippen LogP contribution in [0.1, 0.15) is 26.8 Å². The highest BCUT2D eigenvalue weighted by molar-refractivity contribution is 7.10. The van der Waals surface area contributed by atoms with Gasteiger partial charge in [0.05, 0.1) is 21.6 Å². The van der Waals surface area contributed by atoms with Crippen molar-refractivity contribution in [2.45, 2.75) is 6.04 Å². The summed E-state index contributed by atoms with van der Waals surface area (Å²) in [6, 6.07) is 12.7. The lowest BCUT2D eigenvalue weighted by atomic mass is 10.0. The Morgan fingerprint density at radius 1 is 1.19 bits per heavy atom. The third-order valence-corrected chi connectivity index (χ3v) is 4.96. The molecule has 0 saturated heterocycles. The van der Waals surface area contributed by atoms with E-state index < -0.39 is 16.9 Å². The first kappa shape index (κ1) is 18.0. The van der Waals surface area contributed by atoms with Crippen molar-refractivity contribution in [1.82, 2.24) is 5.32 Å². The van der Waals surface area contributed by atoms with Gasteiger partial charge in [0.1, 0.15) is 5.82 Å². The van der Waals surface area contributed by atoms with E-state index in [1.54, 1.807) is 12.1 Å². The van der Waals surface area contributed by atoms with Crippen molar-refractivity contribution in [3.8, 4) is 0 Å². The van der Waals surface area contributed by atoms with E-state index in [0.717, 1.165) is 10.9 Å². The Labute approximate surface area is 157 Å². The van der Waals surface area contributed by atoms with Gasteiger partial charge in [-0.25, -0.2) is 4.39 Å². The van der Waals surface area contributed by atoms with Gasteiger partial charge in [-0.1, -0.05) is 29.8 Å². The average Bonchev–Trinajstić information content (AvgIpc) is 3.14. The molecule has 0 saturated carbocycles. The van der Waals surface area contributed by atoms with Crippen LogP contribution in [0, 0.1) is 15.9 Å². The number of hydrogen-bond acceptors (Lipinski definition) is 4. The lowest BCUT2D eigenvalue weighted by Gasteiger charge is -2.18. The van der Waals surface area contributed by atoms with Crippen LogP contribution < -0.4 is 5.32 Å². The molecule has 5 nitrogen and oxygen atoms in total. The van der Waals surface area contributed by atoms with Crippen LogP contribution in [0.2, 0.25) is 5.02 Å². The Bertz CT molecular complexity index is 946. The van der Waals surface area contributed by atoms with Crippen LogP contribution in [-0.2, 0) is 0 Å². The van der Waals surface area contributed by atoms with Crippen molar-refractivity contribution in [2.24, 2.45) is 0 Å². The summed E-state index contributed by atoms with van der Waals surface area (Å²) < 4.78 is 13.2. The number of rotatable bonds is 5. The van der Waals surface area contributed by atoms with Gasteiger partial charge in [0, 0.05) is 17.0 Å². The van der Waals surface area contributed by atoms with Gasteiger partial charge in [0.15, 0.2) is 0 Å². The van der Waals surface area contributed by atoms with Crippen LogP contribution in [-0.4, -0.2) is 10.8 Å². The maximum Gasteiger partial charge on any atom is 0.270 e. The van der Waals surface area contributed by atoms with E-state index in [1.165, 1.54) is 35.6 Å². The first-order valence-corrected chi connectivity index (χ1v) is 8.75. The molecule has 0 bridgehead atoms. The second kappa shape index (κ2) is 7.63. The lowest BCUT2D eigenvalue weighted by Crippen LogP contribution is -2.29. The van der Waals surface area contributed by atoms with Crippen molar-refractivity contribution in [3.63, 3.8) is 0 Å². The smallest absolute Gasteiger partial charge is 0.270 e. The van der Waals surface area contributed by atoms with Crippen LogP contribution in [0.3, 0.4) is 0 Å². The van der Waals surface area contributed by atoms with Gasteiger partial charge in [-0.3, -0.25) is 14.9 Å². The monoisotopic (exact) mass is 390 g/mol. The molecule has 3 rings (SSSR count). The molecule has 1 atom stereocenters. The number of non-ortho nitro benzene ring substituents is 1. The SMILES string of the molecule is O=C(N[C@H](c1ccc(F)cc1)c1cccs1)c1ccc([N+](=O)[O-])cc1Cl. The summed E-state index contributed by atoms with van der Waals surface area (Å²) >= 11 is 7.48. The maximum atomic E-state index is 13.2. The molecule has 1 heterocycles. The maximum absolute atomic E-state index is 13.2. The number of halogens is 2. The van der Waals surface area contributed by atoms with E-state index in [-0.39, 0.29) is 22.1 Å². The lowest BCUT2D eigenvalue weighted by molar-refractivity contribution is -0.384. The highest BCUT2D eigenvalue weighted by atomic mass is 35.5. The van der Waals surface area contributed by atoms with Gasteiger partial charge in [-0.15, -0.1) is 11.3 Å². The molecule has 0 aliphatic heterocycles. The fraction of sp³-hybridized carbons (Fsp3) is 0.0556. The number of nitro groups is 1. The Balaban J connectivity index is 1.91. The van der Waals surface area contributed by atoms with Crippen LogP contribution >= 0.6 is 22.9 Å². The first-order valence-electron chi connectivity index (χ1n) is 7.49. The van der Waals surface area contributed by atoms with E-state index >= 15 is 0 Å². The van der Waals surface area contributed by atoms with Crippen molar-refractivity contribution >= 4 is 34.5 Å². The number of carbonyl (C=O) groups excluding carboxylic acids is 1. The zero-order valence-corrected chi connectivity index (χ0v) is 14.8. The normalized spacial score (nSPS) is 11.8. The van der Waals surface area contributed by atoms with Crippen molar-refractivity contribution in [1.29, 1.82) is 0 Å². The molecule has 0 aliphatic carbocycles. The molecule has 3 aromatic rings. The Kier molecular flexibility index (Phi) is 5.29. The van der Waals surface area contributed by atoms with Crippen LogP contribution in [0.15, 0.2) is 60.0 Å². The number of carbonyl (C=O) groups is 1. The number of nitro benzene ring substituents is 1. The van der Waals surface area contributed by atoms with Crippen LogP contribution in [0.4, 0.5) is 10.1 Å². The van der Waals surface area contributed by atoms with Crippen molar-refractivity contribution < 1.29 is 14.1 Å². The molecule has 1 amide bonds. The Morgan fingerprint density at radius 3 is 2.50 bits per heavy atom. The van der Waals surface area contributed by atoms with Crippen LogP contribution in [0.5, 0.6) is 0 Å². The number of nitrogens with zero attached hydrogens (tertiary/aromatic N) is 1. The third-order valence-electron chi connectivity index (χ3n) is 3.71. The largest absolute Gasteiger partial charge is 0.340 e. The Morgan fingerprint density at radius 2 is 1.92 bits per heavy atom. The number of benzene rings is 2. The van der Waals surface area contributed by atoms with Gasteiger partial charge >= 0.3 is 0 Å². The van der Waals surface area contributed by atoms with Gasteiger partial charge in [-0.2, -0.15) is 0 Å². The molecule has 2 aromatic carbocycles. The van der Waals surface area contributed by atoms with Crippen molar-refractivity contribution in [3.05, 3.63) is 96.9 Å². The number of nitrogens with one attached hydrogen (secondary N) is 1. The summed E-state index contributed by atoms with van der Waals surface area (Å²) in [6.45, 7) is 0. The summed E-state index contributed by atoms with van der Waals surface area (Å²) in [5.41, 5.74) is 0.640. The zero-order valence-electron chi connectivity index (χ0n) is 13.2. The molecule has 132 valence electrons. The standard InChI is InChI=1S/C18H12ClFN2O3S/c19-15-10-13(22(24)25)7-8-14(15)18(23)21-17(16-2-1-9-26-16)11-3-5-12(20)6-4-11/h1-10,17H,(H,21,23)/t17-/m1/s1. The summed E-state index contributed by atoms with van der Waals surface area (Å²) in [4.78, 5) is 23.7. The first-order chi connectivity index (χ1) is 12.5. The number of hydrogen-bond donors (Lipinski definition) is 1. The molecule has 0 fully saturated rings. The van der Waals surface area contributed by atoms with Crippen molar-refractivity contribution in [2.75, 3.05) is 0 Å². The summed E-state index contributed by atoms with van der Waals surface area (Å²) in [6.07, 6.45) is 0. The van der Waals surface area contributed by atoms with Gasteiger partial charge in [-0.05, 0) is 35.2 Å². The molecular formula is C18H12ClFN2O3S.